The highest BCUT2D eigenvalue weighted by atomic mass is 19.4. The second kappa shape index (κ2) is 9.23. The first-order valence-electron chi connectivity index (χ1n) is 10.2. The van der Waals surface area contributed by atoms with E-state index in [2.05, 4.69) is 25.3 Å². The number of hydrogen-bond acceptors (Lipinski definition) is 6. The highest BCUT2D eigenvalue weighted by molar-refractivity contribution is 5.85. The summed E-state index contributed by atoms with van der Waals surface area (Å²) in [4.78, 5) is 18.2. The molecule has 3 rings (SSSR count). The zero-order valence-corrected chi connectivity index (χ0v) is 18.4. The van der Waals surface area contributed by atoms with Gasteiger partial charge in [0.2, 0.25) is 0 Å². The molecule has 10 heteroatoms. The van der Waals surface area contributed by atoms with Crippen LogP contribution in [0.25, 0.3) is 0 Å². The van der Waals surface area contributed by atoms with Crippen LogP contribution in [-0.4, -0.2) is 41.8 Å². The van der Waals surface area contributed by atoms with Crippen LogP contribution < -0.4 is 20.3 Å². The van der Waals surface area contributed by atoms with E-state index in [-0.39, 0.29) is 23.6 Å². The van der Waals surface area contributed by atoms with Gasteiger partial charge in [0.25, 0.3) is 0 Å². The van der Waals surface area contributed by atoms with Gasteiger partial charge >= 0.3 is 12.5 Å². The van der Waals surface area contributed by atoms with Gasteiger partial charge in [0.05, 0.1) is 24.2 Å². The predicted molar refractivity (Wildman–Crippen MR) is 115 cm³/mol. The van der Waals surface area contributed by atoms with E-state index in [0.29, 0.717) is 18.7 Å². The molecule has 2 aromatic rings. The molecule has 0 spiro atoms. The van der Waals surface area contributed by atoms with Gasteiger partial charge in [-0.3, -0.25) is 15.6 Å². The van der Waals surface area contributed by atoms with Crippen LogP contribution in [0.2, 0.25) is 0 Å². The topological polar surface area (TPSA) is 75.7 Å². The Morgan fingerprint density at radius 1 is 1.28 bits per heavy atom. The summed E-state index contributed by atoms with van der Waals surface area (Å²) in [6.07, 6.45) is -2.00. The van der Waals surface area contributed by atoms with E-state index in [9.17, 15) is 18.0 Å². The molecule has 1 fully saturated rings. The molecule has 0 radical (unpaired) electrons. The highest BCUT2D eigenvalue weighted by Gasteiger charge is 2.37. The molecule has 174 valence electrons. The molecule has 0 bridgehead atoms. The molecule has 1 aliphatic heterocycles. The fourth-order valence-corrected chi connectivity index (χ4v) is 3.66. The second-order valence-electron chi connectivity index (χ2n) is 8.53. The van der Waals surface area contributed by atoms with Crippen LogP contribution in [-0.2, 0) is 11.2 Å². The Labute approximate surface area is 184 Å². The smallest absolute Gasteiger partial charge is 0.447 e. The zero-order valence-electron chi connectivity index (χ0n) is 18.4. The highest BCUT2D eigenvalue weighted by Crippen LogP contribution is 2.31. The number of benzene rings is 1. The summed E-state index contributed by atoms with van der Waals surface area (Å²) in [7, 11) is 0. The summed E-state index contributed by atoms with van der Waals surface area (Å²) in [5, 5.41) is 6.27. The second-order valence-corrected chi connectivity index (χ2v) is 8.53. The van der Waals surface area contributed by atoms with Crippen molar-refractivity contribution >= 4 is 17.5 Å². The lowest BCUT2D eigenvalue weighted by Gasteiger charge is -2.27. The summed E-state index contributed by atoms with van der Waals surface area (Å²) in [6, 6.07) is 7.61. The number of alkyl halides is 3. The van der Waals surface area contributed by atoms with E-state index in [4.69, 9.17) is 4.74 Å². The van der Waals surface area contributed by atoms with Crippen molar-refractivity contribution < 1.29 is 27.4 Å². The van der Waals surface area contributed by atoms with Crippen LogP contribution >= 0.6 is 0 Å². The molecule has 1 amide bonds. The van der Waals surface area contributed by atoms with Crippen molar-refractivity contribution in [2.24, 2.45) is 0 Å². The van der Waals surface area contributed by atoms with Gasteiger partial charge in [-0.05, 0) is 63.6 Å². The van der Waals surface area contributed by atoms with E-state index >= 15 is 0 Å². The fraction of sp³-hybridized carbons (Fsp3) is 0.455. The summed E-state index contributed by atoms with van der Waals surface area (Å²) in [6.45, 7) is 8.26. The molecule has 1 aromatic heterocycles. The number of pyridine rings is 1. The summed E-state index contributed by atoms with van der Waals surface area (Å²) < 4.78 is 46.5. The number of aromatic nitrogens is 1. The number of nitrogens with zero attached hydrogens (tertiary/aromatic N) is 2. The van der Waals surface area contributed by atoms with Crippen LogP contribution in [0.1, 0.15) is 33.3 Å². The molecule has 2 heterocycles. The van der Waals surface area contributed by atoms with Crippen LogP contribution in [0.4, 0.5) is 29.3 Å². The maximum absolute atomic E-state index is 12.5. The Balaban J connectivity index is 1.79. The quantitative estimate of drug-likeness (QED) is 0.662. The van der Waals surface area contributed by atoms with Crippen LogP contribution in [0.5, 0.6) is 5.75 Å². The van der Waals surface area contributed by atoms with Crippen molar-refractivity contribution in [2.75, 3.05) is 16.8 Å². The lowest BCUT2D eigenvalue weighted by Crippen LogP contribution is -2.41. The first-order valence-corrected chi connectivity index (χ1v) is 10.2. The minimum Gasteiger partial charge on any atom is -0.447 e. The maximum atomic E-state index is 12.5. The summed E-state index contributed by atoms with van der Waals surface area (Å²) in [5.74, 6) is -0.270. The molecule has 7 nitrogen and oxygen atoms in total. The largest absolute Gasteiger partial charge is 0.573 e. The normalized spacial score (nSPS) is 18.0. The predicted octanol–water partition coefficient (Wildman–Crippen LogP) is 4.69. The molecule has 0 aliphatic carbocycles. The molecular weight excluding hydrogens is 425 g/mol. The standard InChI is InChI=1S/C22H27F3N4O3/c1-14(2)31-20(30)27-18-12-26-10-9-15(18)11-19-28-21(3,4)13-29(19)16-5-7-17(8-6-16)32-22(23,24)25/h5-10,12,14,19,28H,11,13H2,1-4H3,(H,27,30). The average Bonchev–Trinajstić information content (AvgIpc) is 2.96. The number of carbonyl (C=O) groups excluding carboxylic acids is 1. The third kappa shape index (κ3) is 6.49. The molecule has 1 saturated heterocycles. The Kier molecular flexibility index (Phi) is 6.82. The van der Waals surface area contributed by atoms with Crippen molar-refractivity contribution in [3.8, 4) is 5.75 Å². The van der Waals surface area contributed by atoms with Crippen LogP contribution in [0, 0.1) is 0 Å². The van der Waals surface area contributed by atoms with Gasteiger partial charge in [-0.25, -0.2) is 4.79 Å². The molecular formula is C22H27F3N4O3. The lowest BCUT2D eigenvalue weighted by atomic mass is 10.1. The van der Waals surface area contributed by atoms with Crippen LogP contribution in [0.15, 0.2) is 42.7 Å². The monoisotopic (exact) mass is 452 g/mol. The van der Waals surface area contributed by atoms with Crippen molar-refractivity contribution in [3.63, 3.8) is 0 Å². The van der Waals surface area contributed by atoms with Gasteiger partial charge in [-0.15, -0.1) is 13.2 Å². The summed E-state index contributed by atoms with van der Waals surface area (Å²) >= 11 is 0. The van der Waals surface area contributed by atoms with Gasteiger partial charge in [0.15, 0.2) is 0 Å². The molecule has 1 unspecified atom stereocenters. The molecule has 1 aliphatic rings. The minimum atomic E-state index is -4.73. The number of anilines is 2. The third-order valence-electron chi connectivity index (χ3n) is 4.81. The number of amides is 1. The zero-order chi connectivity index (χ0) is 23.5. The number of halogens is 3. The van der Waals surface area contributed by atoms with Crippen molar-refractivity contribution in [1.29, 1.82) is 0 Å². The number of ether oxygens (including phenoxy) is 2. The molecule has 1 atom stereocenters. The number of rotatable bonds is 6. The molecule has 0 saturated carbocycles. The SMILES string of the molecule is CC(C)OC(=O)Nc1cnccc1CC1NC(C)(C)CN1c1ccc(OC(F)(F)F)cc1. The Morgan fingerprint density at radius 3 is 2.59 bits per heavy atom. The molecule has 1 aromatic carbocycles. The first-order chi connectivity index (χ1) is 14.9. The van der Waals surface area contributed by atoms with E-state index in [1.54, 1.807) is 38.4 Å². The van der Waals surface area contributed by atoms with E-state index < -0.39 is 12.5 Å². The van der Waals surface area contributed by atoms with Gasteiger partial charge < -0.3 is 14.4 Å². The fourth-order valence-electron chi connectivity index (χ4n) is 3.66. The first kappa shape index (κ1) is 23.6. The maximum Gasteiger partial charge on any atom is 0.573 e. The van der Waals surface area contributed by atoms with E-state index in [1.165, 1.54) is 12.1 Å². The van der Waals surface area contributed by atoms with Gasteiger partial charge in [0.1, 0.15) is 5.75 Å². The van der Waals surface area contributed by atoms with Gasteiger partial charge in [0, 0.05) is 30.4 Å². The third-order valence-corrected chi connectivity index (χ3v) is 4.81. The van der Waals surface area contributed by atoms with Gasteiger partial charge in [-0.1, -0.05) is 0 Å². The number of nitrogens with one attached hydrogen (secondary N) is 2. The van der Waals surface area contributed by atoms with Gasteiger partial charge in [-0.2, -0.15) is 0 Å². The number of hydrogen-bond donors (Lipinski definition) is 2. The Hall–Kier alpha value is -3.01. The van der Waals surface area contributed by atoms with E-state index in [1.807, 2.05) is 19.9 Å². The number of carbonyl (C=O) groups is 1. The van der Waals surface area contributed by atoms with Crippen molar-refractivity contribution in [2.45, 2.75) is 58.3 Å². The van der Waals surface area contributed by atoms with E-state index in [0.717, 1.165) is 11.3 Å². The average molecular weight is 452 g/mol. The summed E-state index contributed by atoms with van der Waals surface area (Å²) in [5.41, 5.74) is 1.91. The van der Waals surface area contributed by atoms with Crippen LogP contribution in [0.3, 0.4) is 0 Å². The molecule has 2 N–H and O–H groups in total. The minimum absolute atomic E-state index is 0.163. The van der Waals surface area contributed by atoms with Crippen molar-refractivity contribution in [1.82, 2.24) is 10.3 Å². The Bertz CT molecular complexity index is 933. The lowest BCUT2D eigenvalue weighted by molar-refractivity contribution is -0.274. The van der Waals surface area contributed by atoms with Crippen molar-refractivity contribution in [3.05, 3.63) is 48.3 Å². The molecule has 32 heavy (non-hydrogen) atoms. The Morgan fingerprint density at radius 2 is 1.97 bits per heavy atom.